The molecule has 0 spiro atoms. The number of benzene rings is 2. The van der Waals surface area contributed by atoms with Gasteiger partial charge in [0.05, 0.1) is 22.7 Å². The highest BCUT2D eigenvalue weighted by atomic mass is 32.2. The minimum atomic E-state index is -6.13. The van der Waals surface area contributed by atoms with Crippen LogP contribution in [0.4, 0.5) is 36.4 Å². The van der Waals surface area contributed by atoms with Crippen molar-refractivity contribution in [2.75, 3.05) is 15.8 Å². The number of aryl methyl sites for hydroxylation is 1. The quantitative estimate of drug-likeness (QED) is 0.438. The first-order chi connectivity index (χ1) is 18.5. The monoisotopic (exact) mass is 615 g/mol. The molecule has 2 aromatic rings. The average Bonchev–Trinajstić information content (AvgIpc) is 3.25. The van der Waals surface area contributed by atoms with Crippen LogP contribution in [0.2, 0.25) is 0 Å². The maximum Gasteiger partial charge on any atom is 0.430 e. The fourth-order valence-corrected chi connectivity index (χ4v) is 8.01. The van der Waals surface area contributed by atoms with Gasteiger partial charge in [-0.3, -0.25) is 9.10 Å². The Morgan fingerprint density at radius 1 is 0.975 bits per heavy atom. The number of aliphatic hydroxyl groups excluding tert-OH is 1. The van der Waals surface area contributed by atoms with Crippen LogP contribution < -0.4 is 4.31 Å². The number of carbonyl (C=O) groups is 1. The number of anilines is 1. The van der Waals surface area contributed by atoms with Gasteiger partial charge in [0, 0.05) is 30.1 Å². The van der Waals surface area contributed by atoms with Crippen molar-refractivity contribution in [3.05, 3.63) is 59.4 Å². The van der Waals surface area contributed by atoms with E-state index in [9.17, 15) is 54.2 Å². The van der Waals surface area contributed by atoms with Crippen LogP contribution in [0.15, 0.2) is 47.4 Å². The van der Waals surface area contributed by atoms with E-state index in [0.717, 1.165) is 34.6 Å². The van der Waals surface area contributed by atoms with Crippen LogP contribution in [0.25, 0.3) is 0 Å². The number of halogens is 7. The average molecular weight is 616 g/mol. The predicted octanol–water partition coefficient (Wildman–Crippen LogP) is 4.72. The molecular formula is C25H24F7NO5S2. The van der Waals surface area contributed by atoms with Crippen molar-refractivity contribution in [1.29, 1.82) is 0 Å². The fourth-order valence-electron chi connectivity index (χ4n) is 5.00. The van der Waals surface area contributed by atoms with Gasteiger partial charge in [0.1, 0.15) is 11.6 Å². The molecule has 15 heteroatoms. The summed E-state index contributed by atoms with van der Waals surface area (Å²) in [5.74, 6) is -0.479. The third-order valence-corrected chi connectivity index (χ3v) is 10.2. The zero-order chi connectivity index (χ0) is 29.7. The van der Waals surface area contributed by atoms with Crippen LogP contribution in [0, 0.1) is 11.7 Å². The van der Waals surface area contributed by atoms with Crippen LogP contribution in [0.1, 0.15) is 30.4 Å². The summed E-state index contributed by atoms with van der Waals surface area (Å²) in [6.45, 7) is 0. The summed E-state index contributed by atoms with van der Waals surface area (Å²) in [5, 5.41) is 19.9. The number of sulfonamides is 1. The molecule has 2 aliphatic rings. The third kappa shape index (κ3) is 5.57. The van der Waals surface area contributed by atoms with Crippen molar-refractivity contribution < 1.29 is 54.2 Å². The molecule has 40 heavy (non-hydrogen) atoms. The number of alkyl halides is 6. The maximum absolute atomic E-state index is 13.7. The zero-order valence-electron chi connectivity index (χ0n) is 20.5. The first-order valence-electron chi connectivity index (χ1n) is 12.0. The number of thioether (sulfide) groups is 1. The van der Waals surface area contributed by atoms with Gasteiger partial charge in [-0.2, -0.15) is 38.1 Å². The molecule has 2 aromatic carbocycles. The number of hydrogen-bond acceptors (Lipinski definition) is 6. The lowest BCUT2D eigenvalue weighted by atomic mass is 9.87. The van der Waals surface area contributed by atoms with Gasteiger partial charge in [0.2, 0.25) is 0 Å². The smallest absolute Gasteiger partial charge is 0.392 e. The van der Waals surface area contributed by atoms with E-state index in [0.29, 0.717) is 23.6 Å². The summed E-state index contributed by atoms with van der Waals surface area (Å²) in [6.07, 6.45) is -13.7. The molecule has 0 aliphatic carbocycles. The second kappa shape index (κ2) is 10.8. The Bertz CT molecular complexity index is 1350. The molecule has 0 amide bonds. The number of ketones is 1. The number of nitrogens with zero attached hydrogens (tertiary/aromatic N) is 1. The van der Waals surface area contributed by atoms with Crippen molar-refractivity contribution >= 4 is 33.3 Å². The molecule has 0 aromatic heterocycles. The molecule has 3 atom stereocenters. The van der Waals surface area contributed by atoms with Crippen LogP contribution >= 0.6 is 11.8 Å². The standard InChI is InChI=1S/C25H24F7NO5S2/c26-17-3-6-20(7-4-17)40(37,38)33-18(11-19(34)10-15-12-39-13-22(15)35)5-1-14-9-16(2-8-21(14)33)23(36,24(27,28)29)25(30,31)32/h2-4,6-9,15,18,22,35-36H,1,5,10-13H2/t15?,18-,22?/m0/s1. The second-order valence-corrected chi connectivity index (χ2v) is 12.7. The van der Waals surface area contributed by atoms with Crippen LogP contribution in [-0.4, -0.2) is 60.4 Å². The summed E-state index contributed by atoms with van der Waals surface area (Å²) < 4.78 is 122. The van der Waals surface area contributed by atoms with Crippen molar-refractivity contribution in [1.82, 2.24) is 0 Å². The second-order valence-electron chi connectivity index (χ2n) is 9.81. The number of fused-ring (bicyclic) bond motifs is 1. The lowest BCUT2D eigenvalue weighted by Crippen LogP contribution is -2.54. The number of aliphatic hydroxyl groups is 2. The van der Waals surface area contributed by atoms with Gasteiger partial charge in [-0.05, 0) is 54.5 Å². The molecule has 2 N–H and O–H groups in total. The van der Waals surface area contributed by atoms with E-state index >= 15 is 0 Å². The van der Waals surface area contributed by atoms with Gasteiger partial charge in [0.25, 0.3) is 15.6 Å². The summed E-state index contributed by atoms with van der Waals surface area (Å²) in [4.78, 5) is 12.5. The van der Waals surface area contributed by atoms with Crippen molar-refractivity contribution in [2.24, 2.45) is 5.92 Å². The molecule has 2 aliphatic heterocycles. The normalized spacial score (nSPS) is 22.3. The van der Waals surface area contributed by atoms with E-state index in [1.165, 1.54) is 11.8 Å². The number of rotatable bonds is 7. The SMILES string of the molecule is O=C(CC1CSCC1O)C[C@@H]1CCc2cc(C(O)(C(F)(F)F)C(F)(F)F)ccc2N1S(=O)(=O)c1ccc(F)cc1. The molecule has 0 saturated carbocycles. The molecule has 1 fully saturated rings. The molecule has 4 rings (SSSR count). The number of Topliss-reactive ketones (excluding diaryl/α,β-unsaturated/α-hetero) is 1. The van der Waals surface area contributed by atoms with E-state index in [4.69, 9.17) is 0 Å². The molecule has 2 unspecified atom stereocenters. The van der Waals surface area contributed by atoms with Gasteiger partial charge in [0.15, 0.2) is 0 Å². The van der Waals surface area contributed by atoms with Crippen molar-refractivity contribution in [3.63, 3.8) is 0 Å². The maximum atomic E-state index is 13.7. The van der Waals surface area contributed by atoms with E-state index in [-0.39, 0.29) is 48.6 Å². The van der Waals surface area contributed by atoms with Gasteiger partial charge < -0.3 is 10.2 Å². The zero-order valence-corrected chi connectivity index (χ0v) is 22.2. The molecule has 0 radical (unpaired) electrons. The summed E-state index contributed by atoms with van der Waals surface area (Å²) in [5.41, 5.74) is -7.22. The lowest BCUT2D eigenvalue weighted by molar-refractivity contribution is -0.376. The highest BCUT2D eigenvalue weighted by molar-refractivity contribution is 7.99. The summed E-state index contributed by atoms with van der Waals surface area (Å²) in [7, 11) is -4.58. The van der Waals surface area contributed by atoms with Crippen LogP contribution in [0.5, 0.6) is 0 Å². The Morgan fingerprint density at radius 3 is 2.15 bits per heavy atom. The highest BCUT2D eigenvalue weighted by Gasteiger charge is 2.71. The van der Waals surface area contributed by atoms with Gasteiger partial charge >= 0.3 is 12.4 Å². The third-order valence-electron chi connectivity index (χ3n) is 7.12. The van der Waals surface area contributed by atoms with Crippen molar-refractivity contribution in [2.45, 2.75) is 60.7 Å². The largest absolute Gasteiger partial charge is 0.430 e. The van der Waals surface area contributed by atoms with Crippen LogP contribution in [0.3, 0.4) is 0 Å². The first-order valence-corrected chi connectivity index (χ1v) is 14.6. The summed E-state index contributed by atoms with van der Waals surface area (Å²) in [6, 6.07) is 4.13. The molecule has 6 nitrogen and oxygen atoms in total. The highest BCUT2D eigenvalue weighted by Crippen LogP contribution is 2.51. The van der Waals surface area contributed by atoms with Gasteiger partial charge in [-0.1, -0.05) is 12.1 Å². The number of carbonyl (C=O) groups excluding carboxylic acids is 1. The minimum Gasteiger partial charge on any atom is -0.392 e. The number of hydrogen-bond donors (Lipinski definition) is 2. The Kier molecular flexibility index (Phi) is 8.26. The molecular weight excluding hydrogens is 591 g/mol. The van der Waals surface area contributed by atoms with E-state index < -0.39 is 56.4 Å². The van der Waals surface area contributed by atoms with Crippen molar-refractivity contribution in [3.8, 4) is 0 Å². The minimum absolute atomic E-state index is 0.0366. The topological polar surface area (TPSA) is 94.9 Å². The van der Waals surface area contributed by atoms with E-state index in [1.54, 1.807) is 0 Å². The molecule has 1 saturated heterocycles. The Morgan fingerprint density at radius 2 is 1.60 bits per heavy atom. The Balaban J connectivity index is 1.77. The van der Waals surface area contributed by atoms with Crippen LogP contribution in [-0.2, 0) is 26.8 Å². The first kappa shape index (κ1) is 30.6. The van der Waals surface area contributed by atoms with Gasteiger partial charge in [-0.15, -0.1) is 0 Å². The van der Waals surface area contributed by atoms with E-state index in [2.05, 4.69) is 0 Å². The molecule has 2 heterocycles. The molecule has 0 bridgehead atoms. The predicted molar refractivity (Wildman–Crippen MR) is 132 cm³/mol. The Labute approximate surface area is 229 Å². The summed E-state index contributed by atoms with van der Waals surface area (Å²) >= 11 is 1.46. The van der Waals surface area contributed by atoms with E-state index in [1.807, 2.05) is 0 Å². The fraction of sp³-hybridized carbons (Fsp3) is 0.480. The Hall–Kier alpha value is -2.36. The molecule has 220 valence electrons. The van der Waals surface area contributed by atoms with Gasteiger partial charge in [-0.25, -0.2) is 12.8 Å². The lowest BCUT2D eigenvalue weighted by Gasteiger charge is -2.39.